The summed E-state index contributed by atoms with van der Waals surface area (Å²) >= 11 is 1.35. The molecule has 2 aromatic heterocycles. The lowest BCUT2D eigenvalue weighted by molar-refractivity contribution is 0.102. The van der Waals surface area contributed by atoms with Gasteiger partial charge in [0.1, 0.15) is 10.8 Å². The Kier molecular flexibility index (Phi) is 3.97. The summed E-state index contributed by atoms with van der Waals surface area (Å²) in [5.74, 6) is 0.550. The van der Waals surface area contributed by atoms with Crippen LogP contribution in [0.4, 0.5) is 5.13 Å². The molecule has 1 amide bonds. The molecule has 0 radical (unpaired) electrons. The normalized spacial score (nSPS) is 10.6. The minimum atomic E-state index is -0.345. The number of hydrogen-bond donors (Lipinski definition) is 1. The fraction of sp³-hybridized carbons (Fsp3) is 0.200. The van der Waals surface area contributed by atoms with E-state index in [-0.39, 0.29) is 11.6 Å². The number of nitrogens with zero attached hydrogens (tertiary/aromatic N) is 3. The predicted octanol–water partition coefficient (Wildman–Crippen LogP) is 3.32. The Hall–Kier alpha value is -2.54. The first-order valence-corrected chi connectivity index (χ1v) is 7.65. The summed E-state index contributed by atoms with van der Waals surface area (Å²) < 4.78 is 5.58. The second-order valence-corrected chi connectivity index (χ2v) is 5.66. The number of carbonyl (C=O) groups excluding carboxylic acids is 1. The topological polar surface area (TPSA) is 80.9 Å². The monoisotopic (exact) mass is 314 g/mol. The Balaban J connectivity index is 1.82. The summed E-state index contributed by atoms with van der Waals surface area (Å²) in [5.41, 5.74) is 1.08. The second-order valence-electron chi connectivity index (χ2n) is 4.60. The molecule has 0 fully saturated rings. The molecule has 6 nitrogen and oxygen atoms in total. The second kappa shape index (κ2) is 6.07. The Bertz CT molecular complexity index is 795. The molecule has 7 heteroatoms. The van der Waals surface area contributed by atoms with Gasteiger partial charge in [-0.15, -0.1) is 10.2 Å². The zero-order valence-electron chi connectivity index (χ0n) is 12.2. The maximum absolute atomic E-state index is 12.3. The van der Waals surface area contributed by atoms with Crippen molar-refractivity contribution in [2.75, 3.05) is 5.32 Å². The number of amides is 1. The van der Waals surface area contributed by atoms with E-state index in [1.807, 2.05) is 37.3 Å². The number of benzene rings is 1. The molecule has 3 aromatic rings. The van der Waals surface area contributed by atoms with Crippen molar-refractivity contribution in [1.29, 1.82) is 0 Å². The lowest BCUT2D eigenvalue weighted by Gasteiger charge is -1.96. The zero-order chi connectivity index (χ0) is 15.5. The summed E-state index contributed by atoms with van der Waals surface area (Å²) in [4.78, 5) is 16.6. The largest absolute Gasteiger partial charge is 0.441 e. The highest BCUT2D eigenvalue weighted by atomic mass is 32.1. The summed E-state index contributed by atoms with van der Waals surface area (Å²) in [6, 6.07) is 9.45. The van der Waals surface area contributed by atoms with Crippen molar-refractivity contribution in [1.82, 2.24) is 15.2 Å². The minimum Gasteiger partial charge on any atom is -0.441 e. The molecule has 0 saturated carbocycles. The van der Waals surface area contributed by atoms with Crippen molar-refractivity contribution in [3.05, 3.63) is 46.8 Å². The Morgan fingerprint density at radius 2 is 2.05 bits per heavy atom. The SMILES string of the molecule is CCc1nnc(NC(=O)c2nc(-c3ccccc3)oc2C)s1. The van der Waals surface area contributed by atoms with Crippen LogP contribution < -0.4 is 5.32 Å². The van der Waals surface area contributed by atoms with Gasteiger partial charge in [-0.3, -0.25) is 10.1 Å². The molecule has 0 unspecified atom stereocenters. The van der Waals surface area contributed by atoms with Gasteiger partial charge in [-0.1, -0.05) is 36.5 Å². The summed E-state index contributed by atoms with van der Waals surface area (Å²) in [6.07, 6.45) is 0.786. The van der Waals surface area contributed by atoms with Crippen molar-refractivity contribution in [3.8, 4) is 11.5 Å². The van der Waals surface area contributed by atoms with Crippen LogP contribution in [0.2, 0.25) is 0 Å². The minimum absolute atomic E-state index is 0.257. The van der Waals surface area contributed by atoms with Gasteiger partial charge in [-0.2, -0.15) is 0 Å². The zero-order valence-corrected chi connectivity index (χ0v) is 13.0. The van der Waals surface area contributed by atoms with Crippen molar-refractivity contribution in [2.24, 2.45) is 0 Å². The third kappa shape index (κ3) is 2.89. The average Bonchev–Trinajstić information content (AvgIpc) is 3.14. The van der Waals surface area contributed by atoms with Crippen LogP contribution in [0.3, 0.4) is 0 Å². The van der Waals surface area contributed by atoms with Gasteiger partial charge >= 0.3 is 0 Å². The maximum atomic E-state index is 12.3. The number of carbonyl (C=O) groups is 1. The van der Waals surface area contributed by atoms with Gasteiger partial charge in [0, 0.05) is 5.56 Å². The molecule has 0 aliphatic carbocycles. The standard InChI is InChI=1S/C15H14N4O2S/c1-3-11-18-19-15(22-11)17-13(20)12-9(2)21-14(16-12)10-7-5-4-6-8-10/h4-8H,3H2,1-2H3,(H,17,19,20). The maximum Gasteiger partial charge on any atom is 0.279 e. The number of rotatable bonds is 4. The van der Waals surface area contributed by atoms with E-state index in [2.05, 4.69) is 20.5 Å². The van der Waals surface area contributed by atoms with E-state index in [1.165, 1.54) is 11.3 Å². The summed E-state index contributed by atoms with van der Waals surface area (Å²) in [6.45, 7) is 3.70. The van der Waals surface area contributed by atoms with Crippen molar-refractivity contribution < 1.29 is 9.21 Å². The third-order valence-corrected chi connectivity index (χ3v) is 4.01. The quantitative estimate of drug-likeness (QED) is 0.799. The van der Waals surface area contributed by atoms with Crippen molar-refractivity contribution in [3.63, 3.8) is 0 Å². The van der Waals surface area contributed by atoms with Gasteiger partial charge in [0.2, 0.25) is 11.0 Å². The van der Waals surface area contributed by atoms with Crippen LogP contribution in [0.25, 0.3) is 11.5 Å². The van der Waals surface area contributed by atoms with Crippen LogP contribution in [0.15, 0.2) is 34.7 Å². The van der Waals surface area contributed by atoms with Gasteiger partial charge in [-0.05, 0) is 25.5 Å². The molecule has 2 heterocycles. The van der Waals surface area contributed by atoms with Crippen LogP contribution in [-0.2, 0) is 6.42 Å². The van der Waals surface area contributed by atoms with E-state index in [0.29, 0.717) is 16.8 Å². The van der Waals surface area contributed by atoms with Crippen molar-refractivity contribution >= 4 is 22.4 Å². The van der Waals surface area contributed by atoms with Crippen LogP contribution in [0.5, 0.6) is 0 Å². The molecule has 1 N–H and O–H groups in total. The van der Waals surface area contributed by atoms with Gasteiger partial charge < -0.3 is 4.42 Å². The van der Waals surface area contributed by atoms with E-state index in [9.17, 15) is 4.79 Å². The number of nitrogens with one attached hydrogen (secondary N) is 1. The Morgan fingerprint density at radius 1 is 1.27 bits per heavy atom. The molecular weight excluding hydrogens is 300 g/mol. The Morgan fingerprint density at radius 3 is 2.73 bits per heavy atom. The molecule has 0 spiro atoms. The third-order valence-electron chi connectivity index (χ3n) is 3.02. The molecular formula is C15H14N4O2S. The molecule has 0 atom stereocenters. The van der Waals surface area contributed by atoms with E-state index < -0.39 is 0 Å². The lowest BCUT2D eigenvalue weighted by Crippen LogP contribution is -2.13. The van der Waals surface area contributed by atoms with Crippen LogP contribution in [0, 0.1) is 6.92 Å². The lowest BCUT2D eigenvalue weighted by atomic mass is 10.2. The van der Waals surface area contributed by atoms with E-state index in [1.54, 1.807) is 6.92 Å². The van der Waals surface area contributed by atoms with Crippen LogP contribution >= 0.6 is 11.3 Å². The highest BCUT2D eigenvalue weighted by molar-refractivity contribution is 7.15. The first kappa shape index (κ1) is 14.4. The fourth-order valence-electron chi connectivity index (χ4n) is 1.91. The molecule has 3 rings (SSSR count). The summed E-state index contributed by atoms with van der Waals surface area (Å²) in [7, 11) is 0. The fourth-order valence-corrected chi connectivity index (χ4v) is 2.59. The number of aromatic nitrogens is 3. The van der Waals surface area contributed by atoms with E-state index >= 15 is 0 Å². The molecule has 0 aliphatic heterocycles. The smallest absolute Gasteiger partial charge is 0.279 e. The number of oxazole rings is 1. The highest BCUT2D eigenvalue weighted by Crippen LogP contribution is 2.22. The van der Waals surface area contributed by atoms with E-state index in [0.717, 1.165) is 17.0 Å². The number of aryl methyl sites for hydroxylation is 2. The van der Waals surface area contributed by atoms with Crippen LogP contribution in [0.1, 0.15) is 28.2 Å². The predicted molar refractivity (Wildman–Crippen MR) is 83.9 cm³/mol. The molecule has 112 valence electrons. The molecule has 0 aliphatic rings. The highest BCUT2D eigenvalue weighted by Gasteiger charge is 2.19. The molecule has 0 saturated heterocycles. The summed E-state index contributed by atoms with van der Waals surface area (Å²) in [5, 5.41) is 11.9. The van der Waals surface area contributed by atoms with Gasteiger partial charge in [0.05, 0.1) is 0 Å². The van der Waals surface area contributed by atoms with Crippen LogP contribution in [-0.4, -0.2) is 21.1 Å². The molecule has 1 aromatic carbocycles. The molecule has 22 heavy (non-hydrogen) atoms. The van der Waals surface area contributed by atoms with Gasteiger partial charge in [0.15, 0.2) is 5.69 Å². The molecule has 0 bridgehead atoms. The number of hydrogen-bond acceptors (Lipinski definition) is 6. The van der Waals surface area contributed by atoms with E-state index in [4.69, 9.17) is 4.42 Å². The van der Waals surface area contributed by atoms with Gasteiger partial charge in [0.25, 0.3) is 5.91 Å². The van der Waals surface area contributed by atoms with Crippen molar-refractivity contribution in [2.45, 2.75) is 20.3 Å². The number of anilines is 1. The Labute approximate surface area is 131 Å². The first-order valence-electron chi connectivity index (χ1n) is 6.84. The average molecular weight is 314 g/mol. The van der Waals surface area contributed by atoms with Gasteiger partial charge in [-0.25, -0.2) is 4.98 Å². The first-order chi connectivity index (χ1) is 10.7.